The SMILES string of the molecule is CCC(CCO)CNS(=O)(=O)c1cc(N)ccc1C. The molecule has 0 saturated heterocycles. The van der Waals surface area contributed by atoms with Crippen molar-refractivity contribution in [3.05, 3.63) is 23.8 Å². The second-order valence-corrected chi connectivity index (χ2v) is 6.40. The molecular formula is C13H22N2O3S. The van der Waals surface area contributed by atoms with Crippen molar-refractivity contribution < 1.29 is 13.5 Å². The summed E-state index contributed by atoms with van der Waals surface area (Å²) >= 11 is 0. The Morgan fingerprint density at radius 3 is 2.68 bits per heavy atom. The number of aryl methyl sites for hydroxylation is 1. The molecular weight excluding hydrogens is 264 g/mol. The number of rotatable bonds is 7. The Labute approximate surface area is 114 Å². The molecule has 19 heavy (non-hydrogen) atoms. The molecule has 0 bridgehead atoms. The van der Waals surface area contributed by atoms with Crippen molar-refractivity contribution >= 4 is 15.7 Å². The number of hydrogen-bond acceptors (Lipinski definition) is 4. The average molecular weight is 286 g/mol. The summed E-state index contributed by atoms with van der Waals surface area (Å²) in [5, 5.41) is 8.90. The molecule has 1 aromatic rings. The van der Waals surface area contributed by atoms with Gasteiger partial charge in [0.15, 0.2) is 0 Å². The minimum absolute atomic E-state index is 0.0670. The van der Waals surface area contributed by atoms with Gasteiger partial charge < -0.3 is 10.8 Å². The van der Waals surface area contributed by atoms with Crippen molar-refractivity contribution in [1.29, 1.82) is 0 Å². The van der Waals surface area contributed by atoms with E-state index in [1.165, 1.54) is 6.07 Å². The van der Waals surface area contributed by atoms with E-state index in [2.05, 4.69) is 4.72 Å². The maximum Gasteiger partial charge on any atom is 0.240 e. The summed E-state index contributed by atoms with van der Waals surface area (Å²) in [5.41, 5.74) is 6.72. The van der Waals surface area contributed by atoms with Crippen LogP contribution in [0.5, 0.6) is 0 Å². The van der Waals surface area contributed by atoms with Crippen molar-refractivity contribution in [2.24, 2.45) is 5.92 Å². The van der Waals surface area contributed by atoms with Crippen LogP contribution >= 0.6 is 0 Å². The van der Waals surface area contributed by atoms with Gasteiger partial charge in [0.2, 0.25) is 10.0 Å². The molecule has 0 spiro atoms. The molecule has 0 saturated carbocycles. The lowest BCUT2D eigenvalue weighted by molar-refractivity contribution is 0.254. The van der Waals surface area contributed by atoms with Crippen molar-refractivity contribution in [2.75, 3.05) is 18.9 Å². The first-order chi connectivity index (χ1) is 8.90. The monoisotopic (exact) mass is 286 g/mol. The maximum absolute atomic E-state index is 12.2. The zero-order valence-corrected chi connectivity index (χ0v) is 12.2. The molecule has 6 heteroatoms. The predicted octanol–water partition coefficient (Wildman–Crippen LogP) is 1.26. The highest BCUT2D eigenvalue weighted by molar-refractivity contribution is 7.89. The predicted molar refractivity (Wildman–Crippen MR) is 76.3 cm³/mol. The van der Waals surface area contributed by atoms with Crippen molar-refractivity contribution in [3.8, 4) is 0 Å². The van der Waals surface area contributed by atoms with Crippen LogP contribution in [0.2, 0.25) is 0 Å². The van der Waals surface area contributed by atoms with Crippen LogP contribution in [0.15, 0.2) is 23.1 Å². The van der Waals surface area contributed by atoms with E-state index in [1.54, 1.807) is 19.1 Å². The normalized spacial score (nSPS) is 13.4. The van der Waals surface area contributed by atoms with E-state index < -0.39 is 10.0 Å². The molecule has 0 aliphatic carbocycles. The number of nitrogen functional groups attached to an aromatic ring is 1. The number of nitrogens with two attached hydrogens (primary N) is 1. The molecule has 4 N–H and O–H groups in total. The molecule has 0 fully saturated rings. The van der Waals surface area contributed by atoms with Crippen molar-refractivity contribution in [2.45, 2.75) is 31.6 Å². The zero-order chi connectivity index (χ0) is 14.5. The molecule has 1 rings (SSSR count). The Morgan fingerprint density at radius 2 is 2.11 bits per heavy atom. The molecule has 1 aromatic carbocycles. The second kappa shape index (κ2) is 6.88. The Bertz CT molecular complexity index is 515. The quantitative estimate of drug-likeness (QED) is 0.658. The van der Waals surface area contributed by atoms with E-state index >= 15 is 0 Å². The minimum Gasteiger partial charge on any atom is -0.399 e. The fourth-order valence-electron chi connectivity index (χ4n) is 1.84. The smallest absolute Gasteiger partial charge is 0.240 e. The number of sulfonamides is 1. The van der Waals surface area contributed by atoms with E-state index in [9.17, 15) is 8.42 Å². The molecule has 0 aliphatic heterocycles. The number of benzene rings is 1. The van der Waals surface area contributed by atoms with Crippen molar-refractivity contribution in [1.82, 2.24) is 4.72 Å². The Morgan fingerprint density at radius 1 is 1.42 bits per heavy atom. The lowest BCUT2D eigenvalue weighted by Crippen LogP contribution is -2.30. The van der Waals surface area contributed by atoms with Gasteiger partial charge in [-0.2, -0.15) is 0 Å². The van der Waals surface area contributed by atoms with Crippen molar-refractivity contribution in [3.63, 3.8) is 0 Å². The van der Waals surface area contributed by atoms with Crippen LogP contribution in [-0.2, 0) is 10.0 Å². The molecule has 5 nitrogen and oxygen atoms in total. The van der Waals surface area contributed by atoms with E-state index in [0.29, 0.717) is 24.2 Å². The van der Waals surface area contributed by atoms with Crippen LogP contribution in [-0.4, -0.2) is 26.7 Å². The van der Waals surface area contributed by atoms with Crippen LogP contribution in [0, 0.1) is 12.8 Å². The van der Waals surface area contributed by atoms with Gasteiger partial charge in [0.1, 0.15) is 0 Å². The highest BCUT2D eigenvalue weighted by Gasteiger charge is 2.18. The summed E-state index contributed by atoms with van der Waals surface area (Å²) in [7, 11) is -3.55. The molecule has 1 unspecified atom stereocenters. The number of anilines is 1. The standard InChI is InChI=1S/C13H22N2O3S/c1-3-11(6-7-16)9-15-19(17,18)13-8-12(14)5-4-10(13)2/h4-5,8,11,15-16H,3,6-7,9,14H2,1-2H3. The van der Waals surface area contributed by atoms with Crippen LogP contribution < -0.4 is 10.5 Å². The molecule has 0 heterocycles. The number of hydrogen-bond donors (Lipinski definition) is 3. The summed E-state index contributed by atoms with van der Waals surface area (Å²) < 4.78 is 27.0. The van der Waals surface area contributed by atoms with Crippen LogP contribution in [0.4, 0.5) is 5.69 Å². The maximum atomic E-state index is 12.2. The van der Waals surface area contributed by atoms with Crippen LogP contribution in [0.25, 0.3) is 0 Å². The van der Waals surface area contributed by atoms with Gasteiger partial charge in [-0.3, -0.25) is 0 Å². The zero-order valence-electron chi connectivity index (χ0n) is 11.4. The largest absolute Gasteiger partial charge is 0.399 e. The van der Waals surface area contributed by atoms with Gasteiger partial charge in [0, 0.05) is 18.8 Å². The third-order valence-electron chi connectivity index (χ3n) is 3.18. The van der Waals surface area contributed by atoms with Gasteiger partial charge in [0.25, 0.3) is 0 Å². The third-order valence-corrected chi connectivity index (χ3v) is 4.74. The molecule has 108 valence electrons. The summed E-state index contributed by atoms with van der Waals surface area (Å²) in [6, 6.07) is 4.83. The van der Waals surface area contributed by atoms with E-state index in [-0.39, 0.29) is 17.4 Å². The van der Waals surface area contributed by atoms with E-state index in [4.69, 9.17) is 10.8 Å². The van der Waals surface area contributed by atoms with Gasteiger partial charge >= 0.3 is 0 Å². The minimum atomic E-state index is -3.55. The first-order valence-electron chi connectivity index (χ1n) is 6.37. The molecule has 0 radical (unpaired) electrons. The number of aliphatic hydroxyl groups is 1. The van der Waals surface area contributed by atoms with Gasteiger partial charge in [-0.1, -0.05) is 19.4 Å². The first kappa shape index (κ1) is 15.9. The fraction of sp³-hybridized carbons (Fsp3) is 0.538. The van der Waals surface area contributed by atoms with Crippen LogP contribution in [0.1, 0.15) is 25.3 Å². The summed E-state index contributed by atoms with van der Waals surface area (Å²) in [5.74, 6) is 0.140. The van der Waals surface area contributed by atoms with Gasteiger partial charge in [0.05, 0.1) is 4.90 Å². The topological polar surface area (TPSA) is 92.4 Å². The molecule has 0 amide bonds. The molecule has 1 atom stereocenters. The lowest BCUT2D eigenvalue weighted by atomic mass is 10.0. The fourth-order valence-corrected chi connectivity index (χ4v) is 3.24. The first-order valence-corrected chi connectivity index (χ1v) is 7.85. The summed E-state index contributed by atoms with van der Waals surface area (Å²) in [6.07, 6.45) is 1.41. The summed E-state index contributed by atoms with van der Waals surface area (Å²) in [4.78, 5) is 0.214. The Hall–Kier alpha value is -1.11. The van der Waals surface area contributed by atoms with Gasteiger partial charge in [-0.05, 0) is 37.0 Å². The van der Waals surface area contributed by atoms with E-state index in [0.717, 1.165) is 6.42 Å². The van der Waals surface area contributed by atoms with Gasteiger partial charge in [-0.25, -0.2) is 13.1 Å². The number of aliphatic hydroxyl groups excluding tert-OH is 1. The van der Waals surface area contributed by atoms with E-state index in [1.807, 2.05) is 6.92 Å². The summed E-state index contributed by atoms with van der Waals surface area (Å²) in [6.45, 7) is 4.10. The molecule has 0 aromatic heterocycles. The number of nitrogens with one attached hydrogen (secondary N) is 1. The highest BCUT2D eigenvalue weighted by Crippen LogP contribution is 2.18. The highest BCUT2D eigenvalue weighted by atomic mass is 32.2. The Balaban J connectivity index is 2.83. The molecule has 0 aliphatic rings. The third kappa shape index (κ3) is 4.49. The average Bonchev–Trinajstić information content (AvgIpc) is 2.37. The van der Waals surface area contributed by atoms with Gasteiger partial charge in [-0.15, -0.1) is 0 Å². The van der Waals surface area contributed by atoms with Crippen LogP contribution in [0.3, 0.4) is 0 Å². The lowest BCUT2D eigenvalue weighted by Gasteiger charge is -2.15. The Kier molecular flexibility index (Phi) is 5.78. The second-order valence-electron chi connectivity index (χ2n) is 4.66.